The highest BCUT2D eigenvalue weighted by atomic mass is 15.1. The summed E-state index contributed by atoms with van der Waals surface area (Å²) in [6, 6.07) is 10.1. The van der Waals surface area contributed by atoms with Crippen molar-refractivity contribution in [2.24, 2.45) is 0 Å². The van der Waals surface area contributed by atoms with Gasteiger partial charge in [-0.3, -0.25) is 0 Å². The summed E-state index contributed by atoms with van der Waals surface area (Å²) in [5.74, 6) is 1.60. The van der Waals surface area contributed by atoms with Crippen molar-refractivity contribution in [2.45, 2.75) is 26.2 Å². The second kappa shape index (κ2) is 5.36. The molecule has 0 saturated carbocycles. The van der Waals surface area contributed by atoms with Crippen LogP contribution >= 0.6 is 0 Å². The molecule has 2 rings (SSSR count). The van der Waals surface area contributed by atoms with Gasteiger partial charge in [0.05, 0.1) is 0 Å². The summed E-state index contributed by atoms with van der Waals surface area (Å²) in [7, 11) is 1.80. The molecule has 0 unspecified atom stereocenters. The van der Waals surface area contributed by atoms with Crippen molar-refractivity contribution in [1.29, 1.82) is 0 Å². The maximum Gasteiger partial charge on any atom is 0.223 e. The van der Waals surface area contributed by atoms with E-state index in [1.165, 1.54) is 5.56 Å². The molecule has 5 heteroatoms. The lowest BCUT2D eigenvalue weighted by molar-refractivity contribution is 0.590. The van der Waals surface area contributed by atoms with Gasteiger partial charge in [-0.15, -0.1) is 0 Å². The molecular formula is C15H21N5. The number of hydrogen-bond donors (Lipinski definition) is 3. The zero-order chi connectivity index (χ0) is 14.8. The van der Waals surface area contributed by atoms with Crippen LogP contribution in [0.15, 0.2) is 30.3 Å². The molecule has 1 aromatic heterocycles. The summed E-state index contributed by atoms with van der Waals surface area (Å²) < 4.78 is 0. The lowest BCUT2D eigenvalue weighted by atomic mass is 9.87. The van der Waals surface area contributed by atoms with Crippen LogP contribution in [-0.4, -0.2) is 17.0 Å². The number of aromatic nitrogens is 2. The van der Waals surface area contributed by atoms with Gasteiger partial charge in [-0.2, -0.15) is 9.97 Å². The predicted molar refractivity (Wildman–Crippen MR) is 84.4 cm³/mol. The molecule has 0 fully saturated rings. The molecule has 0 aliphatic carbocycles. The van der Waals surface area contributed by atoms with Crippen LogP contribution in [0.3, 0.4) is 0 Å². The Balaban J connectivity index is 2.20. The Morgan fingerprint density at radius 3 is 2.15 bits per heavy atom. The van der Waals surface area contributed by atoms with Gasteiger partial charge in [-0.25, -0.2) is 0 Å². The van der Waals surface area contributed by atoms with Crippen molar-refractivity contribution in [3.63, 3.8) is 0 Å². The first-order valence-electron chi connectivity index (χ1n) is 6.58. The monoisotopic (exact) mass is 271 g/mol. The number of nitrogen functional groups attached to an aromatic ring is 1. The third kappa shape index (κ3) is 3.38. The van der Waals surface area contributed by atoms with Crippen LogP contribution in [0.4, 0.5) is 23.3 Å². The third-order valence-electron chi connectivity index (χ3n) is 3.02. The smallest absolute Gasteiger partial charge is 0.223 e. The molecule has 0 aliphatic heterocycles. The van der Waals surface area contributed by atoms with Crippen LogP contribution in [0.25, 0.3) is 0 Å². The van der Waals surface area contributed by atoms with Crippen molar-refractivity contribution in [3.8, 4) is 0 Å². The van der Waals surface area contributed by atoms with Crippen molar-refractivity contribution in [3.05, 3.63) is 35.9 Å². The van der Waals surface area contributed by atoms with Gasteiger partial charge >= 0.3 is 0 Å². The summed E-state index contributed by atoms with van der Waals surface area (Å²) in [6.45, 7) is 6.58. The fourth-order valence-corrected chi connectivity index (χ4v) is 1.86. The minimum atomic E-state index is 0.150. The first kappa shape index (κ1) is 14.1. The Hall–Kier alpha value is -2.30. The molecule has 0 amide bonds. The molecule has 1 heterocycles. The van der Waals surface area contributed by atoms with Gasteiger partial charge in [0.15, 0.2) is 0 Å². The molecule has 0 radical (unpaired) electrons. The largest absolute Gasteiger partial charge is 0.373 e. The van der Waals surface area contributed by atoms with E-state index >= 15 is 0 Å². The average Bonchev–Trinajstić information content (AvgIpc) is 2.37. The molecule has 0 spiro atoms. The average molecular weight is 271 g/mol. The third-order valence-corrected chi connectivity index (χ3v) is 3.02. The molecule has 0 atom stereocenters. The molecule has 4 N–H and O–H groups in total. The Morgan fingerprint density at radius 1 is 1.00 bits per heavy atom. The fraction of sp³-hybridized carbons (Fsp3) is 0.333. The van der Waals surface area contributed by atoms with Gasteiger partial charge in [0.1, 0.15) is 11.6 Å². The highest BCUT2D eigenvalue weighted by molar-refractivity contribution is 5.61. The van der Waals surface area contributed by atoms with Crippen LogP contribution in [0.2, 0.25) is 0 Å². The summed E-state index contributed by atoms with van der Waals surface area (Å²) in [4.78, 5) is 8.22. The Labute approximate surface area is 119 Å². The number of rotatable bonds is 3. The van der Waals surface area contributed by atoms with E-state index in [0.29, 0.717) is 11.6 Å². The lowest BCUT2D eigenvalue weighted by Crippen LogP contribution is -2.10. The molecular weight excluding hydrogens is 250 g/mol. The van der Waals surface area contributed by atoms with E-state index in [-0.39, 0.29) is 11.4 Å². The topological polar surface area (TPSA) is 75.9 Å². The van der Waals surface area contributed by atoms with E-state index in [4.69, 9.17) is 5.73 Å². The van der Waals surface area contributed by atoms with Gasteiger partial charge < -0.3 is 16.4 Å². The normalized spacial score (nSPS) is 11.2. The number of nitrogens with zero attached hydrogens (tertiary/aromatic N) is 2. The summed E-state index contributed by atoms with van der Waals surface area (Å²) >= 11 is 0. The zero-order valence-corrected chi connectivity index (χ0v) is 12.4. The van der Waals surface area contributed by atoms with Crippen molar-refractivity contribution in [2.75, 3.05) is 23.4 Å². The number of hydrogen-bond acceptors (Lipinski definition) is 5. The Kier molecular flexibility index (Phi) is 3.79. The van der Waals surface area contributed by atoms with Gasteiger partial charge in [-0.1, -0.05) is 32.9 Å². The fourth-order valence-electron chi connectivity index (χ4n) is 1.86. The summed E-state index contributed by atoms with van der Waals surface area (Å²) in [6.07, 6.45) is 0. The van der Waals surface area contributed by atoms with Crippen LogP contribution < -0.4 is 16.4 Å². The van der Waals surface area contributed by atoms with Crippen molar-refractivity contribution >= 4 is 23.3 Å². The number of benzene rings is 1. The molecule has 0 saturated heterocycles. The molecule has 5 nitrogen and oxygen atoms in total. The number of anilines is 4. The van der Waals surface area contributed by atoms with Crippen molar-refractivity contribution in [1.82, 2.24) is 9.97 Å². The SMILES string of the molecule is CNc1cc(Nc2ccc(C(C)(C)C)cc2)nc(N)n1. The lowest BCUT2D eigenvalue weighted by Gasteiger charge is -2.19. The molecule has 106 valence electrons. The van der Waals surface area contributed by atoms with Crippen LogP contribution in [0.1, 0.15) is 26.3 Å². The standard InChI is InChI=1S/C15H21N5/c1-15(2,3)10-5-7-11(8-6-10)18-13-9-12(17-4)19-14(16)20-13/h5-9H,1-4H3,(H4,16,17,18,19,20). The number of nitrogens with two attached hydrogens (primary N) is 1. The quantitative estimate of drug-likeness (QED) is 0.799. The Bertz CT molecular complexity index is 584. The molecule has 1 aromatic carbocycles. The minimum absolute atomic E-state index is 0.150. The second-order valence-electron chi connectivity index (χ2n) is 5.70. The maximum absolute atomic E-state index is 5.67. The summed E-state index contributed by atoms with van der Waals surface area (Å²) in [5.41, 5.74) is 8.08. The van der Waals surface area contributed by atoms with Gasteiger partial charge in [-0.05, 0) is 23.1 Å². The highest BCUT2D eigenvalue weighted by Gasteiger charge is 2.12. The summed E-state index contributed by atoms with van der Waals surface area (Å²) in [5, 5.41) is 6.18. The van der Waals surface area contributed by atoms with Gasteiger partial charge in [0.25, 0.3) is 0 Å². The van der Waals surface area contributed by atoms with Crippen molar-refractivity contribution < 1.29 is 0 Å². The van der Waals surface area contributed by atoms with Gasteiger partial charge in [0.2, 0.25) is 5.95 Å². The minimum Gasteiger partial charge on any atom is -0.373 e. The van der Waals surface area contributed by atoms with E-state index < -0.39 is 0 Å². The molecule has 20 heavy (non-hydrogen) atoms. The maximum atomic E-state index is 5.67. The number of nitrogens with one attached hydrogen (secondary N) is 2. The van der Waals surface area contributed by atoms with Crippen LogP contribution in [-0.2, 0) is 5.41 Å². The first-order chi connectivity index (χ1) is 9.38. The highest BCUT2D eigenvalue weighted by Crippen LogP contribution is 2.25. The van der Waals surface area contributed by atoms with E-state index in [9.17, 15) is 0 Å². The van der Waals surface area contributed by atoms with E-state index in [0.717, 1.165) is 5.69 Å². The van der Waals surface area contributed by atoms with E-state index in [1.807, 2.05) is 18.2 Å². The van der Waals surface area contributed by atoms with Crippen LogP contribution in [0.5, 0.6) is 0 Å². The molecule has 0 bridgehead atoms. The predicted octanol–water partition coefficient (Wildman–Crippen LogP) is 3.14. The first-order valence-corrected chi connectivity index (χ1v) is 6.58. The van der Waals surface area contributed by atoms with E-state index in [2.05, 4.69) is 53.5 Å². The van der Waals surface area contributed by atoms with Gasteiger partial charge in [0, 0.05) is 18.8 Å². The van der Waals surface area contributed by atoms with E-state index in [1.54, 1.807) is 7.05 Å². The Morgan fingerprint density at radius 2 is 1.60 bits per heavy atom. The molecule has 2 aromatic rings. The zero-order valence-electron chi connectivity index (χ0n) is 12.4. The molecule has 0 aliphatic rings. The van der Waals surface area contributed by atoms with Crippen LogP contribution in [0, 0.1) is 0 Å². The second-order valence-corrected chi connectivity index (χ2v) is 5.70.